The molecule has 0 aliphatic carbocycles. The summed E-state index contributed by atoms with van der Waals surface area (Å²) in [5.74, 6) is 0.239. The maximum absolute atomic E-state index is 11.5. The second-order valence-electron chi connectivity index (χ2n) is 3.94. The van der Waals surface area contributed by atoms with Crippen LogP contribution in [0.1, 0.15) is 33.1 Å². The van der Waals surface area contributed by atoms with Crippen LogP contribution in [0.25, 0.3) is 0 Å². The molecule has 4 heteroatoms. The molecule has 0 aromatic carbocycles. The molecule has 0 aromatic heterocycles. The molecule has 16 heavy (non-hydrogen) atoms. The van der Waals surface area contributed by atoms with E-state index in [1.165, 1.54) is 0 Å². The molecule has 0 radical (unpaired) electrons. The summed E-state index contributed by atoms with van der Waals surface area (Å²) in [5, 5.41) is 2.86. The first-order valence-electron chi connectivity index (χ1n) is 6.06. The fourth-order valence-electron chi connectivity index (χ4n) is 1.31. The number of carbonyl (C=O) groups is 1. The molecular weight excluding hydrogens is 206 g/mol. The lowest BCUT2D eigenvalue weighted by molar-refractivity contribution is -0.124. The SMILES string of the molecule is CCCCC(C)C(=O)NCCOCCOC. The lowest BCUT2D eigenvalue weighted by Crippen LogP contribution is -2.32. The van der Waals surface area contributed by atoms with Gasteiger partial charge in [-0.2, -0.15) is 0 Å². The average molecular weight is 231 g/mol. The fourth-order valence-corrected chi connectivity index (χ4v) is 1.31. The Hall–Kier alpha value is -0.610. The highest BCUT2D eigenvalue weighted by Gasteiger charge is 2.10. The van der Waals surface area contributed by atoms with E-state index in [1.807, 2.05) is 6.92 Å². The minimum Gasteiger partial charge on any atom is -0.382 e. The number of methoxy groups -OCH3 is 1. The van der Waals surface area contributed by atoms with Crippen LogP contribution in [0, 0.1) is 5.92 Å². The van der Waals surface area contributed by atoms with Crippen molar-refractivity contribution >= 4 is 5.91 Å². The molecule has 1 amide bonds. The Morgan fingerprint density at radius 1 is 1.31 bits per heavy atom. The third-order valence-corrected chi connectivity index (χ3v) is 2.42. The van der Waals surface area contributed by atoms with Crippen molar-refractivity contribution in [3.63, 3.8) is 0 Å². The van der Waals surface area contributed by atoms with Crippen LogP contribution in [-0.4, -0.2) is 39.4 Å². The fraction of sp³-hybridized carbons (Fsp3) is 0.917. The van der Waals surface area contributed by atoms with Gasteiger partial charge in [-0.25, -0.2) is 0 Å². The van der Waals surface area contributed by atoms with Crippen molar-refractivity contribution in [3.05, 3.63) is 0 Å². The van der Waals surface area contributed by atoms with E-state index in [0.29, 0.717) is 26.4 Å². The zero-order valence-corrected chi connectivity index (χ0v) is 10.8. The second kappa shape index (κ2) is 10.9. The van der Waals surface area contributed by atoms with Crippen molar-refractivity contribution in [2.24, 2.45) is 5.92 Å². The summed E-state index contributed by atoms with van der Waals surface area (Å²) in [4.78, 5) is 11.5. The lowest BCUT2D eigenvalue weighted by atomic mass is 10.0. The van der Waals surface area contributed by atoms with Crippen molar-refractivity contribution < 1.29 is 14.3 Å². The number of nitrogens with one attached hydrogen (secondary N) is 1. The van der Waals surface area contributed by atoms with Gasteiger partial charge in [0.05, 0.1) is 19.8 Å². The summed E-state index contributed by atoms with van der Waals surface area (Å²) in [7, 11) is 1.64. The summed E-state index contributed by atoms with van der Waals surface area (Å²) >= 11 is 0. The van der Waals surface area contributed by atoms with E-state index in [9.17, 15) is 4.79 Å². The summed E-state index contributed by atoms with van der Waals surface area (Å²) in [6, 6.07) is 0. The van der Waals surface area contributed by atoms with Crippen molar-refractivity contribution in [2.75, 3.05) is 33.5 Å². The van der Waals surface area contributed by atoms with Gasteiger partial charge < -0.3 is 14.8 Å². The van der Waals surface area contributed by atoms with Gasteiger partial charge in [-0.05, 0) is 6.42 Å². The van der Waals surface area contributed by atoms with Crippen LogP contribution in [0.5, 0.6) is 0 Å². The zero-order valence-electron chi connectivity index (χ0n) is 10.8. The maximum atomic E-state index is 11.5. The summed E-state index contributed by atoms with van der Waals surface area (Å²) in [6.07, 6.45) is 3.21. The number of carbonyl (C=O) groups excluding carboxylic acids is 1. The Morgan fingerprint density at radius 3 is 2.69 bits per heavy atom. The van der Waals surface area contributed by atoms with E-state index in [0.717, 1.165) is 19.3 Å². The molecule has 0 heterocycles. The number of amides is 1. The maximum Gasteiger partial charge on any atom is 0.222 e. The molecule has 0 aliphatic heterocycles. The summed E-state index contributed by atoms with van der Waals surface area (Å²) < 4.78 is 10.1. The van der Waals surface area contributed by atoms with Crippen LogP contribution < -0.4 is 5.32 Å². The van der Waals surface area contributed by atoms with Crippen LogP contribution in [0.4, 0.5) is 0 Å². The third-order valence-electron chi connectivity index (χ3n) is 2.42. The van der Waals surface area contributed by atoms with E-state index in [2.05, 4.69) is 12.2 Å². The monoisotopic (exact) mass is 231 g/mol. The predicted molar refractivity (Wildman–Crippen MR) is 64.4 cm³/mol. The van der Waals surface area contributed by atoms with Crippen LogP contribution in [0.2, 0.25) is 0 Å². The number of unbranched alkanes of at least 4 members (excludes halogenated alkanes) is 1. The molecule has 0 bridgehead atoms. The number of hydrogen-bond acceptors (Lipinski definition) is 3. The van der Waals surface area contributed by atoms with Crippen LogP contribution in [-0.2, 0) is 14.3 Å². The van der Waals surface area contributed by atoms with Gasteiger partial charge in [0.25, 0.3) is 0 Å². The van der Waals surface area contributed by atoms with Crippen molar-refractivity contribution in [1.82, 2.24) is 5.32 Å². The lowest BCUT2D eigenvalue weighted by Gasteiger charge is -2.11. The molecule has 0 aliphatic rings. The third kappa shape index (κ3) is 8.68. The largest absolute Gasteiger partial charge is 0.382 e. The minimum absolute atomic E-state index is 0.110. The van der Waals surface area contributed by atoms with E-state index < -0.39 is 0 Å². The first-order valence-corrected chi connectivity index (χ1v) is 6.06. The molecule has 0 fully saturated rings. The van der Waals surface area contributed by atoms with Crippen molar-refractivity contribution in [1.29, 1.82) is 0 Å². The van der Waals surface area contributed by atoms with Gasteiger partial charge in [0.15, 0.2) is 0 Å². The molecular formula is C12H25NO3. The van der Waals surface area contributed by atoms with E-state index in [4.69, 9.17) is 9.47 Å². The molecule has 0 spiro atoms. The van der Waals surface area contributed by atoms with Gasteiger partial charge in [0, 0.05) is 19.6 Å². The minimum atomic E-state index is 0.110. The quantitative estimate of drug-likeness (QED) is 0.581. The number of ether oxygens (including phenoxy) is 2. The van der Waals surface area contributed by atoms with Crippen LogP contribution in [0.3, 0.4) is 0 Å². The van der Waals surface area contributed by atoms with E-state index >= 15 is 0 Å². The average Bonchev–Trinajstić information content (AvgIpc) is 2.30. The topological polar surface area (TPSA) is 47.6 Å². The molecule has 1 N–H and O–H groups in total. The molecule has 4 nitrogen and oxygen atoms in total. The highest BCUT2D eigenvalue weighted by molar-refractivity contribution is 5.78. The molecule has 1 unspecified atom stereocenters. The van der Waals surface area contributed by atoms with Gasteiger partial charge in [-0.1, -0.05) is 26.7 Å². The smallest absolute Gasteiger partial charge is 0.222 e. The van der Waals surface area contributed by atoms with Gasteiger partial charge in [0.2, 0.25) is 5.91 Å². The Morgan fingerprint density at radius 2 is 2.06 bits per heavy atom. The normalized spacial score (nSPS) is 12.4. The number of rotatable bonds is 10. The van der Waals surface area contributed by atoms with Crippen LogP contribution in [0.15, 0.2) is 0 Å². The predicted octanol–water partition coefficient (Wildman–Crippen LogP) is 1.59. The number of hydrogen-bond donors (Lipinski definition) is 1. The molecule has 96 valence electrons. The highest BCUT2D eigenvalue weighted by atomic mass is 16.5. The Balaban J connectivity index is 3.35. The van der Waals surface area contributed by atoms with Crippen molar-refractivity contribution in [2.45, 2.75) is 33.1 Å². The highest BCUT2D eigenvalue weighted by Crippen LogP contribution is 2.06. The van der Waals surface area contributed by atoms with E-state index in [1.54, 1.807) is 7.11 Å². The molecule has 0 aromatic rings. The molecule has 0 saturated heterocycles. The summed E-state index contributed by atoms with van der Waals surface area (Å²) in [6.45, 7) is 6.41. The molecule has 1 atom stereocenters. The zero-order chi connectivity index (χ0) is 12.2. The molecule has 0 saturated carbocycles. The van der Waals surface area contributed by atoms with Gasteiger partial charge in [-0.3, -0.25) is 4.79 Å². The first kappa shape index (κ1) is 15.4. The second-order valence-corrected chi connectivity index (χ2v) is 3.94. The van der Waals surface area contributed by atoms with Gasteiger partial charge >= 0.3 is 0 Å². The Labute approximate surface area is 98.7 Å². The molecule has 0 rings (SSSR count). The van der Waals surface area contributed by atoms with Crippen LogP contribution >= 0.6 is 0 Å². The van der Waals surface area contributed by atoms with Gasteiger partial charge in [0.1, 0.15) is 0 Å². The van der Waals surface area contributed by atoms with E-state index in [-0.39, 0.29) is 11.8 Å². The van der Waals surface area contributed by atoms with Crippen molar-refractivity contribution in [3.8, 4) is 0 Å². The standard InChI is InChI=1S/C12H25NO3/c1-4-5-6-11(2)12(14)13-7-8-16-10-9-15-3/h11H,4-10H2,1-3H3,(H,13,14). The Bertz CT molecular complexity index is 174. The first-order chi connectivity index (χ1) is 7.72. The van der Waals surface area contributed by atoms with Gasteiger partial charge in [-0.15, -0.1) is 0 Å². The summed E-state index contributed by atoms with van der Waals surface area (Å²) in [5.41, 5.74) is 0. The Kier molecular flexibility index (Phi) is 10.5.